The SMILES string of the molecule is Cc1ccc(NC(=O)C(F)(F)F)c(C(N)=O)c1C. The molecule has 2 amide bonds. The van der Waals surface area contributed by atoms with E-state index in [1.165, 1.54) is 12.1 Å². The van der Waals surface area contributed by atoms with Crippen molar-refractivity contribution in [2.45, 2.75) is 20.0 Å². The fourth-order valence-corrected chi connectivity index (χ4v) is 1.43. The van der Waals surface area contributed by atoms with Gasteiger partial charge in [-0.2, -0.15) is 13.2 Å². The number of hydrogen-bond acceptors (Lipinski definition) is 2. The van der Waals surface area contributed by atoms with Crippen molar-refractivity contribution in [3.05, 3.63) is 28.8 Å². The molecule has 0 saturated heterocycles. The van der Waals surface area contributed by atoms with Gasteiger partial charge in [-0.15, -0.1) is 0 Å². The first-order valence-corrected chi connectivity index (χ1v) is 4.92. The van der Waals surface area contributed by atoms with Crippen LogP contribution in [0.2, 0.25) is 0 Å². The molecule has 98 valence electrons. The van der Waals surface area contributed by atoms with Crippen molar-refractivity contribution in [2.24, 2.45) is 5.73 Å². The maximum atomic E-state index is 12.1. The lowest BCUT2D eigenvalue weighted by molar-refractivity contribution is -0.167. The molecule has 0 unspecified atom stereocenters. The quantitative estimate of drug-likeness (QED) is 0.852. The van der Waals surface area contributed by atoms with Crippen LogP contribution >= 0.6 is 0 Å². The fraction of sp³-hybridized carbons (Fsp3) is 0.273. The normalized spacial score (nSPS) is 11.2. The minimum absolute atomic E-state index is 0.118. The third kappa shape index (κ3) is 2.79. The number of carbonyl (C=O) groups is 2. The van der Waals surface area contributed by atoms with Gasteiger partial charge >= 0.3 is 12.1 Å². The van der Waals surface area contributed by atoms with Crippen molar-refractivity contribution in [2.75, 3.05) is 5.32 Å². The molecule has 0 aliphatic carbocycles. The van der Waals surface area contributed by atoms with Gasteiger partial charge in [-0.25, -0.2) is 0 Å². The number of carbonyl (C=O) groups excluding carboxylic acids is 2. The van der Waals surface area contributed by atoms with Gasteiger partial charge in [-0.05, 0) is 31.0 Å². The number of amides is 2. The Morgan fingerprint density at radius 3 is 2.22 bits per heavy atom. The summed E-state index contributed by atoms with van der Waals surface area (Å²) in [7, 11) is 0. The zero-order valence-corrected chi connectivity index (χ0v) is 9.68. The van der Waals surface area contributed by atoms with Crippen LogP contribution in [0.3, 0.4) is 0 Å². The molecule has 4 nitrogen and oxygen atoms in total. The summed E-state index contributed by atoms with van der Waals surface area (Å²) >= 11 is 0. The van der Waals surface area contributed by atoms with Gasteiger partial charge < -0.3 is 11.1 Å². The summed E-state index contributed by atoms with van der Waals surface area (Å²) in [5, 5.41) is 1.64. The molecule has 0 spiro atoms. The predicted molar refractivity (Wildman–Crippen MR) is 59.1 cm³/mol. The number of halogens is 3. The lowest BCUT2D eigenvalue weighted by Gasteiger charge is -2.14. The van der Waals surface area contributed by atoms with Crippen LogP contribution in [0.25, 0.3) is 0 Å². The molecule has 1 rings (SSSR count). The molecule has 1 aromatic carbocycles. The average Bonchev–Trinajstić information content (AvgIpc) is 2.21. The Morgan fingerprint density at radius 2 is 1.78 bits per heavy atom. The number of nitrogens with one attached hydrogen (secondary N) is 1. The number of hydrogen-bond donors (Lipinski definition) is 2. The summed E-state index contributed by atoms with van der Waals surface area (Å²) in [6, 6.07) is 2.71. The van der Waals surface area contributed by atoms with Gasteiger partial charge in [0.2, 0.25) is 0 Å². The molecule has 0 fully saturated rings. The summed E-state index contributed by atoms with van der Waals surface area (Å²) < 4.78 is 36.4. The van der Waals surface area contributed by atoms with Gasteiger partial charge in [0.15, 0.2) is 0 Å². The Hall–Kier alpha value is -2.05. The van der Waals surface area contributed by atoms with Crippen LogP contribution in [0.15, 0.2) is 12.1 Å². The highest BCUT2D eigenvalue weighted by Gasteiger charge is 2.39. The highest BCUT2D eigenvalue weighted by molar-refractivity contribution is 6.05. The average molecular weight is 260 g/mol. The zero-order chi connectivity index (χ0) is 14.1. The molecule has 0 atom stereocenters. The molecule has 0 aromatic heterocycles. The summed E-state index contributed by atoms with van der Waals surface area (Å²) in [6.07, 6.45) is -5.02. The number of nitrogens with two attached hydrogens (primary N) is 1. The van der Waals surface area contributed by atoms with E-state index >= 15 is 0 Å². The topological polar surface area (TPSA) is 72.2 Å². The fourth-order valence-electron chi connectivity index (χ4n) is 1.43. The van der Waals surface area contributed by atoms with Crippen LogP contribution < -0.4 is 11.1 Å². The summed E-state index contributed by atoms with van der Waals surface area (Å²) in [4.78, 5) is 22.0. The largest absolute Gasteiger partial charge is 0.471 e. The Kier molecular flexibility index (Phi) is 3.64. The van der Waals surface area contributed by atoms with E-state index in [1.807, 2.05) is 0 Å². The smallest absolute Gasteiger partial charge is 0.366 e. The molecule has 0 heterocycles. The molecule has 7 heteroatoms. The number of aryl methyl sites for hydroxylation is 1. The first-order chi connectivity index (χ1) is 8.14. The van der Waals surface area contributed by atoms with Crippen molar-refractivity contribution in [1.29, 1.82) is 0 Å². The van der Waals surface area contributed by atoms with Crippen molar-refractivity contribution in [3.8, 4) is 0 Å². The second kappa shape index (κ2) is 4.67. The van der Waals surface area contributed by atoms with Gasteiger partial charge in [-0.3, -0.25) is 9.59 Å². The standard InChI is InChI=1S/C11H11F3N2O2/c1-5-3-4-7(8(6(5)2)9(15)17)16-10(18)11(12,13)14/h3-4H,1-2H3,(H2,15,17)(H,16,18). The summed E-state index contributed by atoms with van der Waals surface area (Å²) in [5.41, 5.74) is 5.86. The molecule has 0 bridgehead atoms. The van der Waals surface area contributed by atoms with E-state index in [-0.39, 0.29) is 11.3 Å². The van der Waals surface area contributed by atoms with Crippen LogP contribution in [0.1, 0.15) is 21.5 Å². The van der Waals surface area contributed by atoms with Gasteiger partial charge in [0.1, 0.15) is 0 Å². The lowest BCUT2D eigenvalue weighted by atomic mass is 10.0. The van der Waals surface area contributed by atoms with Crippen molar-refractivity contribution in [1.82, 2.24) is 0 Å². The Morgan fingerprint density at radius 1 is 1.22 bits per heavy atom. The molecule has 3 N–H and O–H groups in total. The van der Waals surface area contributed by atoms with E-state index in [2.05, 4.69) is 0 Å². The Bertz CT molecular complexity index is 510. The minimum atomic E-state index is -5.02. The third-order valence-corrected chi connectivity index (χ3v) is 2.49. The van der Waals surface area contributed by atoms with Crippen LogP contribution in [-0.2, 0) is 4.79 Å². The molecule has 0 radical (unpaired) electrons. The van der Waals surface area contributed by atoms with Crippen LogP contribution in [-0.4, -0.2) is 18.0 Å². The van der Waals surface area contributed by atoms with Crippen LogP contribution in [0.5, 0.6) is 0 Å². The van der Waals surface area contributed by atoms with Crippen molar-refractivity contribution < 1.29 is 22.8 Å². The number of anilines is 1. The van der Waals surface area contributed by atoms with E-state index in [4.69, 9.17) is 5.73 Å². The second-order valence-electron chi connectivity index (χ2n) is 3.75. The predicted octanol–water partition coefficient (Wildman–Crippen LogP) is 1.90. The van der Waals surface area contributed by atoms with E-state index in [0.717, 1.165) is 0 Å². The maximum absolute atomic E-state index is 12.1. The lowest BCUT2D eigenvalue weighted by Crippen LogP contribution is -2.31. The number of alkyl halides is 3. The second-order valence-corrected chi connectivity index (χ2v) is 3.75. The Balaban J connectivity index is 3.22. The van der Waals surface area contributed by atoms with Crippen LogP contribution in [0.4, 0.5) is 18.9 Å². The van der Waals surface area contributed by atoms with Gasteiger partial charge in [0.25, 0.3) is 5.91 Å². The van der Waals surface area contributed by atoms with E-state index < -0.39 is 18.0 Å². The van der Waals surface area contributed by atoms with E-state index in [0.29, 0.717) is 11.1 Å². The monoisotopic (exact) mass is 260 g/mol. The molecule has 1 aromatic rings. The highest BCUT2D eigenvalue weighted by Crippen LogP contribution is 2.24. The van der Waals surface area contributed by atoms with E-state index in [1.54, 1.807) is 19.2 Å². The molecule has 0 aliphatic heterocycles. The van der Waals surface area contributed by atoms with Crippen molar-refractivity contribution >= 4 is 17.5 Å². The summed E-state index contributed by atoms with van der Waals surface area (Å²) in [6.45, 7) is 3.22. The van der Waals surface area contributed by atoms with Gasteiger partial charge in [-0.1, -0.05) is 6.07 Å². The highest BCUT2D eigenvalue weighted by atomic mass is 19.4. The first kappa shape index (κ1) is 14.0. The van der Waals surface area contributed by atoms with Gasteiger partial charge in [0.05, 0.1) is 11.3 Å². The molecular formula is C11H11F3N2O2. The van der Waals surface area contributed by atoms with Crippen molar-refractivity contribution in [3.63, 3.8) is 0 Å². The first-order valence-electron chi connectivity index (χ1n) is 4.92. The maximum Gasteiger partial charge on any atom is 0.471 e. The van der Waals surface area contributed by atoms with Crippen LogP contribution in [0, 0.1) is 13.8 Å². The third-order valence-electron chi connectivity index (χ3n) is 2.49. The summed E-state index contributed by atoms with van der Waals surface area (Å²) in [5.74, 6) is -3.04. The molecular weight excluding hydrogens is 249 g/mol. The van der Waals surface area contributed by atoms with E-state index in [9.17, 15) is 22.8 Å². The minimum Gasteiger partial charge on any atom is -0.366 e. The Labute approximate surface area is 101 Å². The molecule has 0 saturated carbocycles. The number of benzene rings is 1. The zero-order valence-electron chi connectivity index (χ0n) is 9.68. The molecule has 18 heavy (non-hydrogen) atoms. The van der Waals surface area contributed by atoms with Gasteiger partial charge in [0, 0.05) is 0 Å². The number of primary amides is 1. The molecule has 0 aliphatic rings. The number of rotatable bonds is 2.